The molecule has 0 aliphatic rings. The summed E-state index contributed by atoms with van der Waals surface area (Å²) in [6.45, 7) is 0. The van der Waals surface area contributed by atoms with Crippen molar-refractivity contribution in [3.8, 4) is 0 Å². The van der Waals surface area contributed by atoms with Crippen LogP contribution in [0.15, 0.2) is 70.5 Å². The molecule has 0 aliphatic heterocycles. The minimum Gasteiger partial charge on any atom is -0.449 e. The molecule has 0 bridgehead atoms. The average molecular weight is 421 g/mol. The van der Waals surface area contributed by atoms with Gasteiger partial charge in [0, 0.05) is 28.1 Å². The number of para-hydroxylation sites is 1. The maximum absolute atomic E-state index is 12.8. The molecule has 0 spiro atoms. The van der Waals surface area contributed by atoms with Gasteiger partial charge < -0.3 is 15.1 Å². The summed E-state index contributed by atoms with van der Waals surface area (Å²) in [6, 6.07) is 16.2. The average Bonchev–Trinajstić information content (AvgIpc) is 3.36. The molecular weight excluding hydrogens is 406 g/mol. The lowest BCUT2D eigenvalue weighted by molar-refractivity contribution is -0.384. The fraction of sp³-hybridized carbons (Fsp3) is 0.0476. The topological polar surface area (TPSA) is 114 Å². The largest absolute Gasteiger partial charge is 0.449 e. The zero-order valence-electron chi connectivity index (χ0n) is 15.5. The van der Waals surface area contributed by atoms with E-state index in [0.717, 1.165) is 4.88 Å². The lowest BCUT2D eigenvalue weighted by Gasteiger charge is -2.07. The summed E-state index contributed by atoms with van der Waals surface area (Å²) in [5.74, 6) is -0.894. The predicted molar refractivity (Wildman–Crippen MR) is 114 cm³/mol. The number of nitrogens with one attached hydrogen (secondary N) is 2. The fourth-order valence-electron chi connectivity index (χ4n) is 2.94. The van der Waals surface area contributed by atoms with Crippen molar-refractivity contribution in [3.63, 3.8) is 0 Å². The molecule has 0 atom stereocenters. The molecule has 8 nitrogen and oxygen atoms in total. The van der Waals surface area contributed by atoms with Crippen molar-refractivity contribution < 1.29 is 18.9 Å². The maximum Gasteiger partial charge on any atom is 0.293 e. The number of nitro groups is 1. The highest BCUT2D eigenvalue weighted by molar-refractivity contribution is 7.10. The van der Waals surface area contributed by atoms with Crippen LogP contribution in [0.25, 0.3) is 11.0 Å². The van der Waals surface area contributed by atoms with Crippen LogP contribution in [0, 0.1) is 10.1 Å². The van der Waals surface area contributed by atoms with Gasteiger partial charge in [0.2, 0.25) is 11.7 Å². The first-order chi connectivity index (χ1) is 14.5. The number of anilines is 2. The van der Waals surface area contributed by atoms with Crippen molar-refractivity contribution >= 4 is 51.2 Å². The second kappa shape index (κ2) is 8.18. The molecule has 0 unspecified atom stereocenters. The highest BCUT2D eigenvalue weighted by Crippen LogP contribution is 2.32. The number of hydrogen-bond acceptors (Lipinski definition) is 6. The Bertz CT molecular complexity index is 1230. The van der Waals surface area contributed by atoms with Crippen LogP contribution in [-0.4, -0.2) is 16.7 Å². The van der Waals surface area contributed by atoms with E-state index >= 15 is 0 Å². The minimum absolute atomic E-state index is 0.0471. The van der Waals surface area contributed by atoms with Crippen molar-refractivity contribution in [1.82, 2.24) is 0 Å². The van der Waals surface area contributed by atoms with Crippen LogP contribution in [0.1, 0.15) is 15.4 Å². The number of thiophene rings is 1. The number of carbonyl (C=O) groups is 2. The van der Waals surface area contributed by atoms with Gasteiger partial charge in [-0.25, -0.2) is 0 Å². The number of rotatable bonds is 6. The van der Waals surface area contributed by atoms with Gasteiger partial charge in [-0.05, 0) is 35.7 Å². The summed E-state index contributed by atoms with van der Waals surface area (Å²) < 4.78 is 5.70. The van der Waals surface area contributed by atoms with Gasteiger partial charge in [-0.15, -0.1) is 11.3 Å². The van der Waals surface area contributed by atoms with Gasteiger partial charge in [0.15, 0.2) is 0 Å². The van der Waals surface area contributed by atoms with E-state index in [9.17, 15) is 19.7 Å². The SMILES string of the molecule is O=C(Cc1cccs1)Nc1c(C(=O)Nc2ccc([N+](=O)[O-])cc2)oc2ccccc12. The number of benzene rings is 2. The van der Waals surface area contributed by atoms with Crippen LogP contribution in [0.4, 0.5) is 17.1 Å². The van der Waals surface area contributed by atoms with Crippen molar-refractivity contribution in [2.45, 2.75) is 6.42 Å². The number of nitrogens with zero attached hydrogens (tertiary/aromatic N) is 1. The molecule has 2 N–H and O–H groups in total. The Hall–Kier alpha value is -3.98. The Morgan fingerprint density at radius 2 is 1.77 bits per heavy atom. The monoisotopic (exact) mass is 421 g/mol. The highest BCUT2D eigenvalue weighted by atomic mass is 32.1. The summed E-state index contributed by atoms with van der Waals surface area (Å²) in [5.41, 5.74) is 1.02. The molecule has 0 aliphatic carbocycles. The first-order valence-corrected chi connectivity index (χ1v) is 9.79. The van der Waals surface area contributed by atoms with Crippen LogP contribution < -0.4 is 10.6 Å². The van der Waals surface area contributed by atoms with E-state index in [2.05, 4.69) is 10.6 Å². The van der Waals surface area contributed by atoms with Gasteiger partial charge in [0.05, 0.1) is 11.3 Å². The second-order valence-electron chi connectivity index (χ2n) is 6.36. The molecule has 2 heterocycles. The third-order valence-corrected chi connectivity index (χ3v) is 5.19. The highest BCUT2D eigenvalue weighted by Gasteiger charge is 2.22. The molecule has 2 aromatic carbocycles. The van der Waals surface area contributed by atoms with Crippen LogP contribution in [0.5, 0.6) is 0 Å². The fourth-order valence-corrected chi connectivity index (χ4v) is 3.64. The third-order valence-electron chi connectivity index (χ3n) is 4.32. The van der Waals surface area contributed by atoms with Crippen molar-refractivity contribution in [1.29, 1.82) is 0 Å². The Labute approximate surface area is 174 Å². The summed E-state index contributed by atoms with van der Waals surface area (Å²) in [5, 5.41) is 18.7. The van der Waals surface area contributed by atoms with E-state index in [0.29, 0.717) is 16.7 Å². The Kier molecular flexibility index (Phi) is 5.27. The van der Waals surface area contributed by atoms with Crippen LogP contribution in [0.3, 0.4) is 0 Å². The van der Waals surface area contributed by atoms with Gasteiger partial charge in [0.1, 0.15) is 11.3 Å². The Balaban J connectivity index is 1.61. The van der Waals surface area contributed by atoms with Gasteiger partial charge in [-0.3, -0.25) is 19.7 Å². The van der Waals surface area contributed by atoms with Gasteiger partial charge >= 0.3 is 0 Å². The molecule has 0 fully saturated rings. The molecular formula is C21H15N3O5S. The summed E-state index contributed by atoms with van der Waals surface area (Å²) in [7, 11) is 0. The van der Waals surface area contributed by atoms with E-state index in [-0.39, 0.29) is 29.5 Å². The van der Waals surface area contributed by atoms with E-state index < -0.39 is 10.8 Å². The standard InChI is InChI=1S/C21H15N3O5S/c25-18(12-15-4-3-11-30-15)23-19-16-5-1-2-6-17(16)29-20(19)21(26)22-13-7-9-14(10-8-13)24(27)28/h1-11H,12H2,(H,22,26)(H,23,25). The Morgan fingerprint density at radius 1 is 1.00 bits per heavy atom. The predicted octanol–water partition coefficient (Wildman–Crippen LogP) is 4.84. The van der Waals surface area contributed by atoms with E-state index in [1.165, 1.54) is 35.6 Å². The normalized spacial score (nSPS) is 10.7. The summed E-state index contributed by atoms with van der Waals surface area (Å²) in [6.07, 6.45) is 0.181. The van der Waals surface area contributed by atoms with Gasteiger partial charge in [-0.1, -0.05) is 18.2 Å². The molecule has 150 valence electrons. The van der Waals surface area contributed by atoms with E-state index in [1.54, 1.807) is 24.3 Å². The molecule has 0 saturated heterocycles. The lowest BCUT2D eigenvalue weighted by atomic mass is 10.2. The quantitative estimate of drug-likeness (QED) is 0.342. The van der Waals surface area contributed by atoms with Crippen LogP contribution in [0.2, 0.25) is 0 Å². The molecule has 30 heavy (non-hydrogen) atoms. The van der Waals surface area contributed by atoms with Crippen molar-refractivity contribution in [2.75, 3.05) is 10.6 Å². The zero-order chi connectivity index (χ0) is 21.1. The van der Waals surface area contributed by atoms with E-state index in [4.69, 9.17) is 4.42 Å². The van der Waals surface area contributed by atoms with Crippen molar-refractivity contribution in [2.24, 2.45) is 0 Å². The number of furan rings is 1. The third kappa shape index (κ3) is 4.06. The molecule has 9 heteroatoms. The van der Waals surface area contributed by atoms with Crippen molar-refractivity contribution in [3.05, 3.63) is 86.8 Å². The summed E-state index contributed by atoms with van der Waals surface area (Å²) >= 11 is 1.47. The Morgan fingerprint density at radius 3 is 2.47 bits per heavy atom. The second-order valence-corrected chi connectivity index (χ2v) is 7.40. The molecule has 4 aromatic rings. The van der Waals surface area contributed by atoms with Gasteiger partial charge in [-0.2, -0.15) is 0 Å². The zero-order valence-corrected chi connectivity index (χ0v) is 16.3. The van der Waals surface area contributed by atoms with Crippen LogP contribution >= 0.6 is 11.3 Å². The number of amides is 2. The van der Waals surface area contributed by atoms with Gasteiger partial charge in [0.25, 0.3) is 11.6 Å². The number of fused-ring (bicyclic) bond motifs is 1. The molecule has 2 aromatic heterocycles. The number of hydrogen-bond donors (Lipinski definition) is 2. The smallest absolute Gasteiger partial charge is 0.293 e. The number of non-ortho nitro benzene ring substituents is 1. The maximum atomic E-state index is 12.8. The number of carbonyl (C=O) groups excluding carboxylic acids is 2. The van der Waals surface area contributed by atoms with E-state index in [1.807, 2.05) is 17.5 Å². The first kappa shape index (κ1) is 19.3. The number of nitro benzene ring substituents is 1. The molecule has 4 rings (SSSR count). The minimum atomic E-state index is -0.577. The molecule has 2 amide bonds. The first-order valence-electron chi connectivity index (χ1n) is 8.91. The summed E-state index contributed by atoms with van der Waals surface area (Å²) in [4.78, 5) is 36.5. The molecule has 0 radical (unpaired) electrons. The molecule has 0 saturated carbocycles. The lowest BCUT2D eigenvalue weighted by Crippen LogP contribution is -2.18. The van der Waals surface area contributed by atoms with Crippen LogP contribution in [-0.2, 0) is 11.2 Å².